The summed E-state index contributed by atoms with van der Waals surface area (Å²) in [4.78, 5) is 4.09. The van der Waals surface area contributed by atoms with Crippen LogP contribution in [0, 0.1) is 0 Å². The SMILES string of the molecule is CC1(C)OB(c2ccnc(Br)c2)OC1(C)C. The summed E-state index contributed by atoms with van der Waals surface area (Å²) in [6.45, 7) is 8.18. The van der Waals surface area contributed by atoms with Gasteiger partial charge < -0.3 is 9.31 Å². The lowest BCUT2D eigenvalue weighted by molar-refractivity contribution is 0.00578. The minimum absolute atomic E-state index is 0.298. The average molecular weight is 284 g/mol. The lowest BCUT2D eigenvalue weighted by Gasteiger charge is -2.32. The number of halogens is 1. The quantitative estimate of drug-likeness (QED) is 0.585. The molecule has 1 saturated heterocycles. The number of aromatic nitrogens is 1. The highest BCUT2D eigenvalue weighted by Crippen LogP contribution is 2.36. The molecular formula is C11H15BBrNO2. The molecule has 0 bridgehead atoms. The Labute approximate surface area is 105 Å². The Kier molecular flexibility index (Phi) is 2.89. The Morgan fingerprint density at radius 1 is 1.19 bits per heavy atom. The highest BCUT2D eigenvalue weighted by molar-refractivity contribution is 9.10. The molecule has 1 aromatic rings. The molecule has 0 spiro atoms. The number of rotatable bonds is 1. The van der Waals surface area contributed by atoms with Gasteiger partial charge in [-0.25, -0.2) is 4.98 Å². The summed E-state index contributed by atoms with van der Waals surface area (Å²) in [5.74, 6) is 0. The molecule has 5 heteroatoms. The summed E-state index contributed by atoms with van der Waals surface area (Å²) >= 11 is 3.34. The number of hydrogen-bond acceptors (Lipinski definition) is 3. The van der Waals surface area contributed by atoms with E-state index in [1.807, 2.05) is 39.8 Å². The van der Waals surface area contributed by atoms with Crippen LogP contribution in [-0.2, 0) is 9.31 Å². The van der Waals surface area contributed by atoms with Crippen LogP contribution in [0.4, 0.5) is 0 Å². The largest absolute Gasteiger partial charge is 0.494 e. The van der Waals surface area contributed by atoms with Gasteiger partial charge in [-0.15, -0.1) is 0 Å². The van der Waals surface area contributed by atoms with Crippen molar-refractivity contribution < 1.29 is 9.31 Å². The van der Waals surface area contributed by atoms with Gasteiger partial charge in [0, 0.05) is 6.20 Å². The molecule has 0 aliphatic carbocycles. The molecule has 3 nitrogen and oxygen atoms in total. The Morgan fingerprint density at radius 3 is 2.25 bits per heavy atom. The van der Waals surface area contributed by atoms with Crippen LogP contribution in [-0.4, -0.2) is 23.3 Å². The van der Waals surface area contributed by atoms with E-state index >= 15 is 0 Å². The molecule has 2 heterocycles. The van der Waals surface area contributed by atoms with Crippen molar-refractivity contribution in [3.05, 3.63) is 22.9 Å². The van der Waals surface area contributed by atoms with E-state index < -0.39 is 0 Å². The van der Waals surface area contributed by atoms with E-state index in [4.69, 9.17) is 9.31 Å². The van der Waals surface area contributed by atoms with Crippen LogP contribution < -0.4 is 5.46 Å². The number of hydrogen-bond donors (Lipinski definition) is 0. The third-order valence-electron chi connectivity index (χ3n) is 3.28. The molecular weight excluding hydrogens is 269 g/mol. The third-order valence-corrected chi connectivity index (χ3v) is 3.71. The van der Waals surface area contributed by atoms with Crippen LogP contribution in [0.25, 0.3) is 0 Å². The first-order valence-corrected chi connectivity index (χ1v) is 6.08. The van der Waals surface area contributed by atoms with E-state index in [0.29, 0.717) is 0 Å². The van der Waals surface area contributed by atoms with Crippen LogP contribution in [0.2, 0.25) is 0 Å². The predicted octanol–water partition coefficient (Wildman–Crippen LogP) is 2.14. The molecule has 1 aliphatic heterocycles. The molecule has 0 radical (unpaired) electrons. The van der Waals surface area contributed by atoms with Gasteiger partial charge in [-0.2, -0.15) is 0 Å². The summed E-state index contributed by atoms with van der Waals surface area (Å²) in [7, 11) is -0.315. The minimum atomic E-state index is -0.315. The lowest BCUT2D eigenvalue weighted by atomic mass is 9.80. The maximum Gasteiger partial charge on any atom is 0.494 e. The number of nitrogens with zero attached hydrogens (tertiary/aromatic N) is 1. The lowest BCUT2D eigenvalue weighted by Crippen LogP contribution is -2.41. The van der Waals surface area contributed by atoms with Crippen molar-refractivity contribution in [1.29, 1.82) is 0 Å². The highest BCUT2D eigenvalue weighted by atomic mass is 79.9. The zero-order valence-electron chi connectivity index (χ0n) is 9.95. The maximum atomic E-state index is 5.93. The van der Waals surface area contributed by atoms with Crippen LogP contribution >= 0.6 is 15.9 Å². The van der Waals surface area contributed by atoms with Crippen LogP contribution in [0.15, 0.2) is 22.9 Å². The fourth-order valence-electron chi connectivity index (χ4n) is 1.54. The third kappa shape index (κ3) is 2.04. The molecule has 0 atom stereocenters. The summed E-state index contributed by atoms with van der Waals surface area (Å²) < 4.78 is 12.7. The zero-order chi connectivity index (χ0) is 12.0. The van der Waals surface area contributed by atoms with Crippen molar-refractivity contribution in [3.8, 4) is 0 Å². The van der Waals surface area contributed by atoms with E-state index in [9.17, 15) is 0 Å². The Balaban J connectivity index is 2.27. The topological polar surface area (TPSA) is 31.4 Å². The van der Waals surface area contributed by atoms with Crippen LogP contribution in [0.1, 0.15) is 27.7 Å². The molecule has 0 unspecified atom stereocenters. The first-order valence-electron chi connectivity index (χ1n) is 5.29. The van der Waals surface area contributed by atoms with Gasteiger partial charge in [-0.1, -0.05) is 0 Å². The fourth-order valence-corrected chi connectivity index (χ4v) is 1.93. The second-order valence-electron chi connectivity index (χ2n) is 5.00. The normalized spacial score (nSPS) is 22.4. The monoisotopic (exact) mass is 283 g/mol. The van der Waals surface area contributed by atoms with Gasteiger partial charge in [0.2, 0.25) is 0 Å². The van der Waals surface area contributed by atoms with Crippen molar-refractivity contribution >= 4 is 28.5 Å². The van der Waals surface area contributed by atoms with E-state index in [2.05, 4.69) is 20.9 Å². The molecule has 1 fully saturated rings. The Morgan fingerprint density at radius 2 is 1.75 bits per heavy atom. The fraction of sp³-hybridized carbons (Fsp3) is 0.545. The van der Waals surface area contributed by atoms with Gasteiger partial charge in [0.1, 0.15) is 4.60 Å². The van der Waals surface area contributed by atoms with Crippen molar-refractivity contribution in [2.75, 3.05) is 0 Å². The molecule has 1 aromatic heterocycles. The second-order valence-corrected chi connectivity index (χ2v) is 5.81. The standard InChI is InChI=1S/C11H15BBrNO2/c1-10(2)11(3,4)16-12(15-10)8-5-6-14-9(13)7-8/h5-7H,1-4H3. The summed E-state index contributed by atoms with van der Waals surface area (Å²) in [6.07, 6.45) is 1.74. The minimum Gasteiger partial charge on any atom is -0.399 e. The molecule has 0 N–H and O–H groups in total. The summed E-state index contributed by atoms with van der Waals surface area (Å²) in [5.41, 5.74) is 0.390. The van der Waals surface area contributed by atoms with Crippen molar-refractivity contribution in [2.45, 2.75) is 38.9 Å². The summed E-state index contributed by atoms with van der Waals surface area (Å²) in [6, 6.07) is 3.83. The first kappa shape index (κ1) is 12.1. The zero-order valence-corrected chi connectivity index (χ0v) is 11.5. The van der Waals surface area contributed by atoms with Crippen molar-refractivity contribution in [3.63, 3.8) is 0 Å². The van der Waals surface area contributed by atoms with E-state index in [0.717, 1.165) is 10.1 Å². The maximum absolute atomic E-state index is 5.93. The molecule has 86 valence electrons. The van der Waals surface area contributed by atoms with Gasteiger partial charge in [-0.3, -0.25) is 0 Å². The van der Waals surface area contributed by atoms with Gasteiger partial charge in [0.15, 0.2) is 0 Å². The van der Waals surface area contributed by atoms with Gasteiger partial charge in [0.25, 0.3) is 0 Å². The van der Waals surface area contributed by atoms with E-state index in [-0.39, 0.29) is 18.3 Å². The van der Waals surface area contributed by atoms with E-state index in [1.54, 1.807) is 6.20 Å². The second kappa shape index (κ2) is 3.82. The van der Waals surface area contributed by atoms with E-state index in [1.165, 1.54) is 0 Å². The Bertz CT molecular complexity index is 393. The van der Waals surface area contributed by atoms with Gasteiger partial charge in [-0.05, 0) is 61.2 Å². The molecule has 1 aliphatic rings. The van der Waals surface area contributed by atoms with Gasteiger partial charge in [0.05, 0.1) is 11.2 Å². The van der Waals surface area contributed by atoms with Crippen molar-refractivity contribution in [1.82, 2.24) is 4.98 Å². The highest BCUT2D eigenvalue weighted by Gasteiger charge is 2.51. The Hall–Kier alpha value is -0.385. The van der Waals surface area contributed by atoms with Crippen LogP contribution in [0.5, 0.6) is 0 Å². The number of pyridine rings is 1. The summed E-state index contributed by atoms with van der Waals surface area (Å²) in [5, 5.41) is 0. The average Bonchev–Trinajstić information content (AvgIpc) is 2.36. The molecule has 0 aromatic carbocycles. The van der Waals surface area contributed by atoms with Gasteiger partial charge >= 0.3 is 7.12 Å². The predicted molar refractivity (Wildman–Crippen MR) is 67.7 cm³/mol. The van der Waals surface area contributed by atoms with Crippen molar-refractivity contribution in [2.24, 2.45) is 0 Å². The smallest absolute Gasteiger partial charge is 0.399 e. The molecule has 16 heavy (non-hydrogen) atoms. The molecule has 0 amide bonds. The van der Waals surface area contributed by atoms with Crippen LogP contribution in [0.3, 0.4) is 0 Å². The molecule has 0 saturated carbocycles. The molecule has 2 rings (SSSR count). The first-order chi connectivity index (χ1) is 7.32.